The van der Waals surface area contributed by atoms with E-state index in [0.717, 1.165) is 6.92 Å². The molecule has 41 heavy (non-hydrogen) atoms. The number of carbonyl (C=O) groups is 4. The van der Waals surface area contributed by atoms with Crippen LogP contribution < -0.4 is 0 Å². The lowest BCUT2D eigenvalue weighted by atomic mass is 9.45. The van der Waals surface area contributed by atoms with E-state index in [9.17, 15) is 24.3 Å². The molecule has 0 amide bonds. The quantitative estimate of drug-likeness (QED) is 0.429. The van der Waals surface area contributed by atoms with Gasteiger partial charge >= 0.3 is 17.9 Å². The molecule has 3 aliphatic carbocycles. The highest BCUT2D eigenvalue weighted by atomic mass is 19.1. The van der Waals surface area contributed by atoms with Gasteiger partial charge in [0.2, 0.25) is 0 Å². The Morgan fingerprint density at radius 1 is 1.07 bits per heavy atom. The van der Waals surface area contributed by atoms with Gasteiger partial charge in [0, 0.05) is 32.1 Å². The normalized spacial score (nSPS) is 39.2. The second-order valence-corrected chi connectivity index (χ2v) is 12.3. The number of allylic oxidation sites excluding steroid dienone is 1. The third kappa shape index (κ3) is 4.08. The van der Waals surface area contributed by atoms with Crippen molar-refractivity contribution in [3.8, 4) is 0 Å². The molecule has 1 heterocycles. The summed E-state index contributed by atoms with van der Waals surface area (Å²) in [5, 5.41) is 12.7. The molecule has 2 saturated carbocycles. The minimum Gasteiger partial charge on any atom is -0.455 e. The van der Waals surface area contributed by atoms with E-state index in [0.29, 0.717) is 5.57 Å². The third-order valence-corrected chi connectivity index (χ3v) is 9.75. The van der Waals surface area contributed by atoms with Crippen molar-refractivity contribution < 1.29 is 47.6 Å². The number of hydrogen-bond acceptors (Lipinski definition) is 9. The number of benzene rings is 1. The lowest BCUT2D eigenvalue weighted by Crippen LogP contribution is -2.81. The molecule has 0 spiro atoms. The first-order valence-corrected chi connectivity index (χ1v) is 13.7. The van der Waals surface area contributed by atoms with E-state index < -0.39 is 76.1 Å². The Balaban J connectivity index is 1.81. The van der Waals surface area contributed by atoms with Crippen LogP contribution in [0.4, 0.5) is 4.39 Å². The number of esters is 3. The molecule has 1 N–H and O–H groups in total. The summed E-state index contributed by atoms with van der Waals surface area (Å²) in [6, 6.07) is 8.08. The van der Waals surface area contributed by atoms with Gasteiger partial charge in [-0.25, -0.2) is 9.18 Å². The summed E-state index contributed by atoms with van der Waals surface area (Å²) in [7, 11) is 0. The van der Waals surface area contributed by atoms with Crippen molar-refractivity contribution >= 4 is 23.7 Å². The van der Waals surface area contributed by atoms with Gasteiger partial charge in [-0.1, -0.05) is 37.6 Å². The Morgan fingerprint density at radius 2 is 1.73 bits per heavy atom. The highest BCUT2D eigenvalue weighted by Crippen LogP contribution is 2.64. The number of fused-ring (bicyclic) bond motifs is 5. The number of alkyl halides is 1. The van der Waals surface area contributed by atoms with Crippen molar-refractivity contribution in [3.63, 3.8) is 0 Å². The Bertz CT molecular complexity index is 1320. The van der Waals surface area contributed by atoms with Crippen LogP contribution in [0.25, 0.3) is 0 Å². The van der Waals surface area contributed by atoms with E-state index in [1.54, 1.807) is 39.0 Å². The summed E-state index contributed by atoms with van der Waals surface area (Å²) in [6.07, 6.45) is -3.34. The smallest absolute Gasteiger partial charge is 0.338 e. The van der Waals surface area contributed by atoms with Crippen molar-refractivity contribution in [3.05, 3.63) is 53.5 Å². The minimum absolute atomic E-state index is 0.158. The van der Waals surface area contributed by atoms with E-state index in [1.165, 1.54) is 26.0 Å². The Morgan fingerprint density at radius 3 is 2.29 bits per heavy atom. The Kier molecular flexibility index (Phi) is 6.97. The lowest BCUT2D eigenvalue weighted by Gasteiger charge is -2.66. The van der Waals surface area contributed by atoms with Gasteiger partial charge in [-0.3, -0.25) is 14.4 Å². The first-order chi connectivity index (χ1) is 19.1. The van der Waals surface area contributed by atoms with Crippen molar-refractivity contribution in [2.75, 3.05) is 6.61 Å². The molecule has 4 aliphatic rings. The van der Waals surface area contributed by atoms with E-state index in [4.69, 9.17) is 18.9 Å². The molecule has 1 aliphatic heterocycles. The van der Waals surface area contributed by atoms with E-state index in [1.807, 2.05) is 0 Å². The van der Waals surface area contributed by atoms with Gasteiger partial charge in [-0.15, -0.1) is 0 Å². The maximum atomic E-state index is 16.5. The number of aliphatic hydroxyl groups is 1. The van der Waals surface area contributed by atoms with Crippen molar-refractivity contribution in [2.24, 2.45) is 16.7 Å². The predicted octanol–water partition coefficient (Wildman–Crippen LogP) is 3.35. The highest BCUT2D eigenvalue weighted by Gasteiger charge is 2.78. The predicted molar refractivity (Wildman–Crippen MR) is 141 cm³/mol. The monoisotopic (exact) mass is 570 g/mol. The first-order valence-electron chi connectivity index (χ1n) is 13.7. The zero-order valence-corrected chi connectivity index (χ0v) is 24.0. The summed E-state index contributed by atoms with van der Waals surface area (Å²) in [4.78, 5) is 53.1. The SMILES string of the molecule is CC(=O)OC1C(=O)C2(C)C(F)CC3OCC3(OC(C)=O)C2C(OC(=O)c2ccccc2)C2(O)C[C]C(C)=C1C2(C)C. The number of rotatable bonds is 4. The molecule has 2 radical (unpaired) electrons. The molecule has 8 atom stereocenters. The lowest BCUT2D eigenvalue weighted by molar-refractivity contribution is -0.339. The maximum absolute atomic E-state index is 16.5. The number of hydrogen-bond donors (Lipinski definition) is 1. The summed E-state index contributed by atoms with van der Waals surface area (Å²) in [5.41, 5.74) is -6.12. The van der Waals surface area contributed by atoms with Crippen LogP contribution in [0, 0.1) is 23.2 Å². The summed E-state index contributed by atoms with van der Waals surface area (Å²) in [6.45, 7) is 8.48. The average Bonchev–Trinajstić information content (AvgIpc) is 2.89. The fourth-order valence-corrected chi connectivity index (χ4v) is 7.52. The summed E-state index contributed by atoms with van der Waals surface area (Å²) < 4.78 is 39.9. The molecule has 1 aromatic carbocycles. The minimum atomic E-state index is -2.04. The molecule has 0 aromatic heterocycles. The van der Waals surface area contributed by atoms with Gasteiger partial charge in [0.1, 0.15) is 24.0 Å². The van der Waals surface area contributed by atoms with Crippen LogP contribution in [-0.4, -0.2) is 71.1 Å². The van der Waals surface area contributed by atoms with Gasteiger partial charge in [-0.05, 0) is 38.0 Å². The zero-order chi connectivity index (χ0) is 30.1. The molecule has 1 aromatic rings. The Labute approximate surface area is 238 Å². The average molecular weight is 571 g/mol. The van der Waals surface area contributed by atoms with Gasteiger partial charge in [-0.2, -0.15) is 0 Å². The molecule has 8 unspecified atom stereocenters. The van der Waals surface area contributed by atoms with E-state index >= 15 is 4.39 Å². The second-order valence-electron chi connectivity index (χ2n) is 12.3. The molecule has 2 bridgehead atoms. The van der Waals surface area contributed by atoms with Crippen LogP contribution in [-0.2, 0) is 33.3 Å². The molecular formula is C31H35FO9. The molecule has 5 rings (SSSR count). The maximum Gasteiger partial charge on any atom is 0.338 e. The number of ether oxygens (including phenoxy) is 4. The second kappa shape index (κ2) is 9.73. The number of ketones is 1. The number of carbonyl (C=O) groups excluding carboxylic acids is 4. The summed E-state index contributed by atoms with van der Waals surface area (Å²) >= 11 is 0. The van der Waals surface area contributed by atoms with Crippen molar-refractivity contribution in [2.45, 2.75) is 90.1 Å². The molecule has 10 heteroatoms. The molecule has 9 nitrogen and oxygen atoms in total. The van der Waals surface area contributed by atoms with E-state index in [2.05, 4.69) is 6.42 Å². The van der Waals surface area contributed by atoms with Crippen LogP contribution in [0.2, 0.25) is 0 Å². The van der Waals surface area contributed by atoms with Crippen LogP contribution in [0.15, 0.2) is 41.5 Å². The molecular weight excluding hydrogens is 535 g/mol. The zero-order valence-electron chi connectivity index (χ0n) is 24.0. The molecule has 1 saturated heterocycles. The van der Waals surface area contributed by atoms with Gasteiger partial charge < -0.3 is 24.1 Å². The number of Topliss-reactive ketones (excluding diaryl/α,β-unsaturated/α-hetero) is 1. The number of halogens is 1. The van der Waals surface area contributed by atoms with Gasteiger partial charge in [0.15, 0.2) is 17.5 Å². The van der Waals surface area contributed by atoms with Gasteiger partial charge in [0.25, 0.3) is 0 Å². The van der Waals surface area contributed by atoms with Crippen LogP contribution in [0.5, 0.6) is 0 Å². The fourth-order valence-electron chi connectivity index (χ4n) is 7.52. The highest BCUT2D eigenvalue weighted by molar-refractivity contribution is 5.95. The topological polar surface area (TPSA) is 125 Å². The van der Waals surface area contributed by atoms with Crippen LogP contribution in [0.3, 0.4) is 0 Å². The van der Waals surface area contributed by atoms with Crippen molar-refractivity contribution in [1.82, 2.24) is 0 Å². The van der Waals surface area contributed by atoms with Crippen LogP contribution >= 0.6 is 0 Å². The van der Waals surface area contributed by atoms with Crippen LogP contribution in [0.1, 0.15) is 64.7 Å². The Hall–Kier alpha value is -3.11. The van der Waals surface area contributed by atoms with Crippen molar-refractivity contribution in [1.29, 1.82) is 0 Å². The molecule has 3 fully saturated rings. The molecule has 220 valence electrons. The first kappa shape index (κ1) is 29.4. The van der Waals surface area contributed by atoms with E-state index in [-0.39, 0.29) is 30.6 Å². The summed E-state index contributed by atoms with van der Waals surface area (Å²) in [5.74, 6) is -4.48. The third-order valence-electron chi connectivity index (χ3n) is 9.75. The standard InChI is InChI=1S/C31H35FO9/c1-16-12-13-31(37)26(40-27(36)19-10-8-7-9-11-19)24-29(6,20(32)14-21-30(24,15-38-21)41-18(3)34)25(35)23(39-17(2)33)22(16)28(31,4)5/h7-11,20-21,23-24,26,37H,13-15H2,1-6H3. The van der Waals surface area contributed by atoms with Gasteiger partial charge in [0.05, 0.1) is 23.5 Å². The largest absolute Gasteiger partial charge is 0.455 e. The fraction of sp³-hybridized carbons (Fsp3) is 0.581.